The lowest BCUT2D eigenvalue weighted by Gasteiger charge is -2.22. The van der Waals surface area contributed by atoms with Gasteiger partial charge in [0.2, 0.25) is 0 Å². The number of hydrogen-bond donors (Lipinski definition) is 3. The fraction of sp³-hybridized carbons (Fsp3) is 0.533. The number of ether oxygens (including phenoxy) is 2. The van der Waals surface area contributed by atoms with Crippen molar-refractivity contribution < 1.29 is 19.4 Å². The highest BCUT2D eigenvalue weighted by molar-refractivity contribution is 6.00. The van der Waals surface area contributed by atoms with E-state index in [4.69, 9.17) is 15.2 Å². The van der Waals surface area contributed by atoms with Crippen LogP contribution in [0.2, 0.25) is 0 Å². The second-order valence-corrected chi connectivity index (χ2v) is 5.41. The van der Waals surface area contributed by atoms with E-state index in [2.05, 4.69) is 5.32 Å². The Hall–Kier alpha value is -1.95. The maximum atomic E-state index is 12.2. The summed E-state index contributed by atoms with van der Waals surface area (Å²) < 4.78 is 10.3. The van der Waals surface area contributed by atoms with Gasteiger partial charge in [0.25, 0.3) is 5.91 Å². The summed E-state index contributed by atoms with van der Waals surface area (Å²) >= 11 is 0. The molecule has 0 unspecified atom stereocenters. The van der Waals surface area contributed by atoms with Gasteiger partial charge in [-0.25, -0.2) is 0 Å². The zero-order chi connectivity index (χ0) is 15.5. The molecule has 1 aromatic rings. The van der Waals surface area contributed by atoms with Crippen LogP contribution in [0, 0.1) is 0 Å². The van der Waals surface area contributed by atoms with E-state index in [0.717, 1.165) is 12.8 Å². The van der Waals surface area contributed by atoms with Crippen molar-refractivity contribution in [3.05, 3.63) is 17.7 Å². The summed E-state index contributed by atoms with van der Waals surface area (Å²) in [4.78, 5) is 12.2. The first-order chi connectivity index (χ1) is 9.99. The Morgan fingerprint density at radius 2 is 1.86 bits per heavy atom. The molecule has 0 spiro atoms. The molecule has 0 radical (unpaired) electrons. The third-order valence-electron chi connectivity index (χ3n) is 3.91. The maximum Gasteiger partial charge on any atom is 0.253 e. The summed E-state index contributed by atoms with van der Waals surface area (Å²) in [6.07, 6.45) is 3.42. The van der Waals surface area contributed by atoms with Crippen molar-refractivity contribution in [3.63, 3.8) is 0 Å². The molecule has 0 saturated heterocycles. The molecule has 0 atom stereocenters. The molecule has 1 fully saturated rings. The number of hydrogen-bond acceptors (Lipinski definition) is 5. The Balaban J connectivity index is 2.11. The molecule has 21 heavy (non-hydrogen) atoms. The van der Waals surface area contributed by atoms with Gasteiger partial charge in [0.05, 0.1) is 25.4 Å². The summed E-state index contributed by atoms with van der Waals surface area (Å²) in [6, 6.07) is 3.10. The van der Waals surface area contributed by atoms with Crippen LogP contribution in [-0.4, -0.2) is 37.4 Å². The van der Waals surface area contributed by atoms with E-state index < -0.39 is 5.60 Å². The number of anilines is 1. The molecule has 0 heterocycles. The zero-order valence-corrected chi connectivity index (χ0v) is 12.4. The predicted molar refractivity (Wildman–Crippen MR) is 79.7 cm³/mol. The van der Waals surface area contributed by atoms with Gasteiger partial charge in [-0.05, 0) is 18.9 Å². The number of amides is 1. The van der Waals surface area contributed by atoms with Crippen molar-refractivity contribution in [1.29, 1.82) is 0 Å². The topological polar surface area (TPSA) is 93.8 Å². The lowest BCUT2D eigenvalue weighted by atomic mass is 10.0. The van der Waals surface area contributed by atoms with E-state index in [0.29, 0.717) is 35.6 Å². The van der Waals surface area contributed by atoms with Gasteiger partial charge < -0.3 is 25.6 Å². The second-order valence-electron chi connectivity index (χ2n) is 5.41. The van der Waals surface area contributed by atoms with Crippen LogP contribution in [0.15, 0.2) is 12.1 Å². The van der Waals surface area contributed by atoms with Crippen molar-refractivity contribution in [3.8, 4) is 11.5 Å². The minimum atomic E-state index is -0.791. The van der Waals surface area contributed by atoms with Crippen LogP contribution in [0.25, 0.3) is 0 Å². The Labute approximate surface area is 124 Å². The number of aliphatic hydroxyl groups is 1. The van der Waals surface area contributed by atoms with Gasteiger partial charge in [0.15, 0.2) is 11.5 Å². The molecule has 1 saturated carbocycles. The predicted octanol–water partition coefficient (Wildman–Crippen LogP) is 1.32. The van der Waals surface area contributed by atoms with Crippen LogP contribution in [0.1, 0.15) is 36.0 Å². The van der Waals surface area contributed by atoms with E-state index in [9.17, 15) is 9.90 Å². The molecular formula is C15H22N2O4. The summed E-state index contributed by atoms with van der Waals surface area (Å²) in [5.74, 6) is 0.589. The summed E-state index contributed by atoms with van der Waals surface area (Å²) in [6.45, 7) is 0.236. The van der Waals surface area contributed by atoms with Crippen molar-refractivity contribution in [2.75, 3.05) is 26.5 Å². The third-order valence-corrected chi connectivity index (χ3v) is 3.91. The van der Waals surface area contributed by atoms with E-state index in [-0.39, 0.29) is 12.5 Å². The molecule has 1 aromatic carbocycles. The Bertz CT molecular complexity index is 525. The molecule has 116 valence electrons. The first-order valence-electron chi connectivity index (χ1n) is 7.01. The highest BCUT2D eigenvalue weighted by Gasteiger charge is 2.31. The zero-order valence-electron chi connectivity index (χ0n) is 12.4. The molecular weight excluding hydrogens is 272 g/mol. The van der Waals surface area contributed by atoms with Gasteiger partial charge >= 0.3 is 0 Å². The molecule has 6 heteroatoms. The van der Waals surface area contributed by atoms with Crippen molar-refractivity contribution in [2.45, 2.75) is 31.3 Å². The second kappa shape index (κ2) is 6.22. The molecule has 0 aliphatic heterocycles. The molecule has 1 aliphatic carbocycles. The number of carbonyl (C=O) groups is 1. The number of nitrogens with two attached hydrogens (primary N) is 1. The average Bonchev–Trinajstić information content (AvgIpc) is 2.91. The van der Waals surface area contributed by atoms with Gasteiger partial charge in [0, 0.05) is 18.3 Å². The number of methoxy groups -OCH3 is 2. The molecule has 1 amide bonds. The van der Waals surface area contributed by atoms with Gasteiger partial charge in [-0.3, -0.25) is 4.79 Å². The van der Waals surface area contributed by atoms with E-state index >= 15 is 0 Å². The summed E-state index contributed by atoms with van der Waals surface area (Å²) in [5.41, 5.74) is 5.71. The van der Waals surface area contributed by atoms with Crippen LogP contribution in [0.4, 0.5) is 5.69 Å². The number of nitrogen functional groups attached to an aromatic ring is 1. The maximum absolute atomic E-state index is 12.2. The van der Waals surface area contributed by atoms with Crippen molar-refractivity contribution >= 4 is 11.6 Å². The van der Waals surface area contributed by atoms with Crippen LogP contribution < -0.4 is 20.5 Å². The molecule has 6 nitrogen and oxygen atoms in total. The highest BCUT2D eigenvalue weighted by atomic mass is 16.5. The van der Waals surface area contributed by atoms with Crippen LogP contribution >= 0.6 is 0 Å². The highest BCUT2D eigenvalue weighted by Crippen LogP contribution is 2.32. The SMILES string of the molecule is COc1cc(N)c(C(=O)NCC2(O)CCCC2)cc1OC. The number of nitrogens with one attached hydrogen (secondary N) is 1. The fourth-order valence-corrected chi connectivity index (χ4v) is 2.64. The van der Waals surface area contributed by atoms with Crippen molar-refractivity contribution in [2.24, 2.45) is 0 Å². The van der Waals surface area contributed by atoms with Crippen molar-refractivity contribution in [1.82, 2.24) is 5.32 Å². The smallest absolute Gasteiger partial charge is 0.253 e. The van der Waals surface area contributed by atoms with E-state index in [1.807, 2.05) is 0 Å². The molecule has 0 bridgehead atoms. The summed E-state index contributed by atoms with van der Waals surface area (Å²) in [5, 5.41) is 13.0. The van der Waals surface area contributed by atoms with Gasteiger partial charge in [-0.15, -0.1) is 0 Å². The Morgan fingerprint density at radius 1 is 1.29 bits per heavy atom. The quantitative estimate of drug-likeness (QED) is 0.712. The minimum Gasteiger partial charge on any atom is -0.493 e. The number of benzene rings is 1. The first kappa shape index (κ1) is 15.4. The lowest BCUT2D eigenvalue weighted by Crippen LogP contribution is -2.40. The molecule has 2 rings (SSSR count). The van der Waals surface area contributed by atoms with Crippen LogP contribution in [0.5, 0.6) is 11.5 Å². The normalized spacial score (nSPS) is 16.5. The van der Waals surface area contributed by atoms with Gasteiger partial charge in [0.1, 0.15) is 0 Å². The monoisotopic (exact) mass is 294 g/mol. The van der Waals surface area contributed by atoms with Gasteiger partial charge in [-0.1, -0.05) is 12.8 Å². The van der Waals surface area contributed by atoms with E-state index in [1.165, 1.54) is 14.2 Å². The Morgan fingerprint density at radius 3 is 2.43 bits per heavy atom. The van der Waals surface area contributed by atoms with Crippen LogP contribution in [0.3, 0.4) is 0 Å². The van der Waals surface area contributed by atoms with Crippen LogP contribution in [-0.2, 0) is 0 Å². The largest absolute Gasteiger partial charge is 0.493 e. The lowest BCUT2D eigenvalue weighted by molar-refractivity contribution is 0.0450. The number of rotatable bonds is 5. The fourth-order valence-electron chi connectivity index (χ4n) is 2.64. The van der Waals surface area contributed by atoms with Gasteiger partial charge in [-0.2, -0.15) is 0 Å². The molecule has 1 aliphatic rings. The number of carbonyl (C=O) groups excluding carboxylic acids is 1. The Kier molecular flexibility index (Phi) is 4.57. The standard InChI is InChI=1S/C15H22N2O4/c1-20-12-7-10(11(16)8-13(12)21-2)14(18)17-9-15(19)5-3-4-6-15/h7-8,19H,3-6,9,16H2,1-2H3,(H,17,18). The first-order valence-corrected chi connectivity index (χ1v) is 7.01. The van der Waals surface area contributed by atoms with E-state index in [1.54, 1.807) is 12.1 Å². The average molecular weight is 294 g/mol. The molecule has 4 N–H and O–H groups in total. The minimum absolute atomic E-state index is 0.236. The third kappa shape index (κ3) is 3.39. The summed E-state index contributed by atoms with van der Waals surface area (Å²) in [7, 11) is 3.00. The molecule has 0 aromatic heterocycles.